The summed E-state index contributed by atoms with van der Waals surface area (Å²) in [5, 5.41) is 4.95. The quantitative estimate of drug-likeness (QED) is 0.237. The minimum absolute atomic E-state index is 0.0783. The van der Waals surface area contributed by atoms with Crippen LogP contribution in [0.4, 0.5) is 0 Å². The molecule has 1 aliphatic carbocycles. The van der Waals surface area contributed by atoms with Gasteiger partial charge in [0.2, 0.25) is 0 Å². The maximum Gasteiger partial charge on any atom is 0.135 e. The lowest BCUT2D eigenvalue weighted by molar-refractivity contribution is 0.666. The Kier molecular flexibility index (Phi) is 4.35. The lowest BCUT2D eigenvalue weighted by Crippen LogP contribution is -2.15. The van der Waals surface area contributed by atoms with E-state index in [1.165, 1.54) is 55.3 Å². The van der Waals surface area contributed by atoms with Crippen molar-refractivity contribution in [3.8, 4) is 33.4 Å². The summed E-state index contributed by atoms with van der Waals surface area (Å²) < 4.78 is 6.05. The van der Waals surface area contributed by atoms with Crippen LogP contribution in [0.2, 0.25) is 0 Å². The molecule has 6 aromatic carbocycles. The van der Waals surface area contributed by atoms with Gasteiger partial charge in [0.1, 0.15) is 11.2 Å². The van der Waals surface area contributed by atoms with Gasteiger partial charge in [0.25, 0.3) is 0 Å². The number of furan rings is 1. The summed E-state index contributed by atoms with van der Waals surface area (Å²) in [7, 11) is 0. The second-order valence-corrected chi connectivity index (χ2v) is 11.0. The van der Waals surface area contributed by atoms with Gasteiger partial charge in [-0.05, 0) is 85.6 Å². The molecule has 1 heteroatoms. The van der Waals surface area contributed by atoms with E-state index in [1.807, 2.05) is 12.1 Å². The molecular formula is C37H26O. The van der Waals surface area contributed by atoms with Gasteiger partial charge >= 0.3 is 0 Å². The van der Waals surface area contributed by atoms with Gasteiger partial charge < -0.3 is 4.42 Å². The van der Waals surface area contributed by atoms with Crippen molar-refractivity contribution in [2.45, 2.75) is 19.3 Å². The fraction of sp³-hybridized carbons (Fsp3) is 0.0811. The molecule has 0 saturated carbocycles. The predicted octanol–water partition coefficient (Wildman–Crippen LogP) is 10.4. The minimum atomic E-state index is -0.0783. The van der Waals surface area contributed by atoms with Crippen LogP contribution < -0.4 is 0 Å². The molecule has 38 heavy (non-hydrogen) atoms. The number of para-hydroxylation sites is 1. The van der Waals surface area contributed by atoms with Gasteiger partial charge in [0.15, 0.2) is 0 Å². The predicted molar refractivity (Wildman–Crippen MR) is 160 cm³/mol. The van der Waals surface area contributed by atoms with E-state index in [0.717, 1.165) is 21.9 Å². The Morgan fingerprint density at radius 1 is 0.474 bits per heavy atom. The second kappa shape index (κ2) is 7.69. The molecule has 8 rings (SSSR count). The molecule has 0 atom stereocenters. The maximum atomic E-state index is 6.05. The highest BCUT2D eigenvalue weighted by Gasteiger charge is 2.37. The molecule has 0 bridgehead atoms. The molecule has 0 saturated heterocycles. The lowest BCUT2D eigenvalue weighted by Gasteiger charge is -2.24. The highest BCUT2D eigenvalue weighted by molar-refractivity contribution is 6.07. The average molecular weight is 487 g/mol. The van der Waals surface area contributed by atoms with Gasteiger partial charge in [-0.2, -0.15) is 0 Å². The van der Waals surface area contributed by atoms with E-state index in [4.69, 9.17) is 4.42 Å². The summed E-state index contributed by atoms with van der Waals surface area (Å²) in [6.45, 7) is 4.75. The van der Waals surface area contributed by atoms with E-state index in [2.05, 4.69) is 123 Å². The Hall–Kier alpha value is -4.62. The SMILES string of the molecule is CC1(C)c2cc(-c3ccccc3)ccc2-c2ccc3cc(-c4ccc5oc6ccccc6c5c4)ccc3c21. The van der Waals surface area contributed by atoms with Crippen LogP contribution in [0, 0.1) is 0 Å². The molecule has 1 aromatic heterocycles. The minimum Gasteiger partial charge on any atom is -0.456 e. The van der Waals surface area contributed by atoms with Crippen molar-refractivity contribution in [1.82, 2.24) is 0 Å². The summed E-state index contributed by atoms with van der Waals surface area (Å²) in [5.41, 5.74) is 12.3. The first-order valence-electron chi connectivity index (χ1n) is 13.3. The zero-order valence-electron chi connectivity index (χ0n) is 21.5. The number of fused-ring (bicyclic) bond motifs is 8. The van der Waals surface area contributed by atoms with E-state index < -0.39 is 0 Å². The van der Waals surface area contributed by atoms with Crippen LogP contribution in [0.25, 0.3) is 66.1 Å². The van der Waals surface area contributed by atoms with E-state index in [1.54, 1.807) is 0 Å². The van der Waals surface area contributed by atoms with E-state index >= 15 is 0 Å². The Balaban J connectivity index is 1.26. The molecule has 180 valence electrons. The van der Waals surface area contributed by atoms with Gasteiger partial charge in [-0.1, -0.05) is 105 Å². The molecule has 0 N–H and O–H groups in total. The number of benzene rings is 6. The summed E-state index contributed by atoms with van der Waals surface area (Å²) in [6, 6.07) is 44.0. The summed E-state index contributed by atoms with van der Waals surface area (Å²) >= 11 is 0. The Morgan fingerprint density at radius 3 is 2.05 bits per heavy atom. The lowest BCUT2D eigenvalue weighted by atomic mass is 9.79. The van der Waals surface area contributed by atoms with Crippen molar-refractivity contribution in [1.29, 1.82) is 0 Å². The van der Waals surface area contributed by atoms with Crippen LogP contribution in [-0.2, 0) is 5.41 Å². The largest absolute Gasteiger partial charge is 0.456 e. The van der Waals surface area contributed by atoms with Gasteiger partial charge in [0.05, 0.1) is 0 Å². The third kappa shape index (κ3) is 2.99. The van der Waals surface area contributed by atoms with Crippen molar-refractivity contribution in [2.24, 2.45) is 0 Å². The van der Waals surface area contributed by atoms with Crippen LogP contribution in [0.5, 0.6) is 0 Å². The molecule has 0 fully saturated rings. The van der Waals surface area contributed by atoms with Gasteiger partial charge in [0, 0.05) is 16.2 Å². The molecule has 0 amide bonds. The molecule has 1 aliphatic rings. The van der Waals surface area contributed by atoms with Crippen molar-refractivity contribution < 1.29 is 4.42 Å². The first-order valence-corrected chi connectivity index (χ1v) is 13.3. The molecule has 1 nitrogen and oxygen atoms in total. The highest BCUT2D eigenvalue weighted by Crippen LogP contribution is 2.52. The monoisotopic (exact) mass is 486 g/mol. The fourth-order valence-electron chi connectivity index (χ4n) is 6.55. The van der Waals surface area contributed by atoms with Crippen LogP contribution in [0.1, 0.15) is 25.0 Å². The molecule has 0 radical (unpaired) electrons. The smallest absolute Gasteiger partial charge is 0.135 e. The van der Waals surface area contributed by atoms with Crippen LogP contribution in [0.3, 0.4) is 0 Å². The third-order valence-corrected chi connectivity index (χ3v) is 8.45. The van der Waals surface area contributed by atoms with E-state index in [9.17, 15) is 0 Å². The molecule has 0 spiro atoms. The maximum absolute atomic E-state index is 6.05. The zero-order chi connectivity index (χ0) is 25.4. The molecule has 7 aromatic rings. The average Bonchev–Trinajstić information content (AvgIpc) is 3.45. The Morgan fingerprint density at radius 2 is 1.16 bits per heavy atom. The number of rotatable bonds is 2. The van der Waals surface area contributed by atoms with Crippen molar-refractivity contribution in [3.05, 3.63) is 132 Å². The molecule has 0 aliphatic heterocycles. The number of hydrogen-bond acceptors (Lipinski definition) is 1. The Bertz CT molecular complexity index is 2040. The number of hydrogen-bond donors (Lipinski definition) is 0. The highest BCUT2D eigenvalue weighted by atomic mass is 16.3. The van der Waals surface area contributed by atoms with Crippen molar-refractivity contribution in [2.75, 3.05) is 0 Å². The summed E-state index contributed by atoms with van der Waals surface area (Å²) in [5.74, 6) is 0. The molecular weight excluding hydrogens is 460 g/mol. The molecule has 0 unspecified atom stereocenters. The van der Waals surface area contributed by atoms with E-state index in [0.29, 0.717) is 0 Å². The van der Waals surface area contributed by atoms with E-state index in [-0.39, 0.29) is 5.41 Å². The summed E-state index contributed by atoms with van der Waals surface area (Å²) in [4.78, 5) is 0. The summed E-state index contributed by atoms with van der Waals surface area (Å²) in [6.07, 6.45) is 0. The van der Waals surface area contributed by atoms with Crippen LogP contribution in [-0.4, -0.2) is 0 Å². The zero-order valence-corrected chi connectivity index (χ0v) is 21.5. The first kappa shape index (κ1) is 21.5. The van der Waals surface area contributed by atoms with Crippen LogP contribution in [0.15, 0.2) is 126 Å². The third-order valence-electron chi connectivity index (χ3n) is 8.45. The topological polar surface area (TPSA) is 13.1 Å². The van der Waals surface area contributed by atoms with Crippen molar-refractivity contribution >= 4 is 32.7 Å². The fourth-order valence-corrected chi connectivity index (χ4v) is 6.55. The normalized spacial score (nSPS) is 13.7. The second-order valence-electron chi connectivity index (χ2n) is 11.0. The van der Waals surface area contributed by atoms with Gasteiger partial charge in [-0.3, -0.25) is 0 Å². The molecule has 1 heterocycles. The van der Waals surface area contributed by atoms with Crippen molar-refractivity contribution in [3.63, 3.8) is 0 Å². The van der Waals surface area contributed by atoms with Crippen LogP contribution >= 0.6 is 0 Å². The standard InChI is InChI=1S/C37H26O/c1-37(2)33-22-26(23-8-4-3-5-9-23)13-17-29(33)31-18-14-27-20-24(12-16-28(27)36(31)37)25-15-19-35-32(21-25)30-10-6-7-11-34(30)38-35/h3-22H,1-2H3. The van der Waals surface area contributed by atoms with Gasteiger partial charge in [-0.15, -0.1) is 0 Å². The van der Waals surface area contributed by atoms with Gasteiger partial charge in [-0.25, -0.2) is 0 Å². The first-order chi connectivity index (χ1) is 18.6. The Labute approximate surface area is 222 Å².